The molecule has 0 bridgehead atoms. The average Bonchev–Trinajstić information content (AvgIpc) is 3.29. The number of anilines is 3. The first kappa shape index (κ1) is 16.4. The van der Waals surface area contributed by atoms with E-state index in [0.717, 1.165) is 43.1 Å². The molecule has 0 unspecified atom stereocenters. The lowest BCUT2D eigenvalue weighted by Gasteiger charge is -2.34. The molecule has 3 aromatic heterocycles. The summed E-state index contributed by atoms with van der Waals surface area (Å²) in [7, 11) is 2.10. The third-order valence-corrected chi connectivity index (χ3v) is 4.56. The van der Waals surface area contributed by atoms with Gasteiger partial charge in [-0.05, 0) is 13.1 Å². The largest absolute Gasteiger partial charge is 0.472 e. The molecule has 4 N–H and O–H groups in total. The molecule has 1 saturated heterocycles. The second-order valence-electron chi connectivity index (χ2n) is 6.43. The van der Waals surface area contributed by atoms with Crippen LogP contribution in [0.25, 0.3) is 11.3 Å². The van der Waals surface area contributed by atoms with Crippen molar-refractivity contribution in [3.8, 4) is 11.3 Å². The van der Waals surface area contributed by atoms with Crippen LogP contribution in [0.5, 0.6) is 0 Å². The summed E-state index contributed by atoms with van der Waals surface area (Å²) >= 11 is 0. The molecule has 0 aliphatic carbocycles. The number of hydrogen-bond acceptors (Lipinski definition) is 9. The van der Waals surface area contributed by atoms with Crippen LogP contribution in [-0.4, -0.2) is 53.3 Å². The van der Waals surface area contributed by atoms with Crippen molar-refractivity contribution in [1.82, 2.24) is 20.0 Å². The van der Waals surface area contributed by atoms with E-state index in [0.29, 0.717) is 23.7 Å². The van der Waals surface area contributed by atoms with Gasteiger partial charge in [0, 0.05) is 49.8 Å². The Morgan fingerprint density at radius 2 is 1.96 bits per heavy atom. The summed E-state index contributed by atoms with van der Waals surface area (Å²) in [6.07, 6.45) is 3.66. The molecular weight excluding hydrogens is 334 g/mol. The summed E-state index contributed by atoms with van der Waals surface area (Å²) < 4.78 is 10.6. The fourth-order valence-electron chi connectivity index (χ4n) is 3.07. The summed E-state index contributed by atoms with van der Waals surface area (Å²) in [5, 5.41) is 4.09. The standard InChI is InChI=1S/C17H21N7O2/c1-23-3-5-24(6-4-23)16-13(15(18)20-17(19)21-16)8-12-9-14(22-26-12)11-2-7-25-10-11/h2,7,9-10H,3-6,8H2,1H3,(H4,18,19,20,21). The molecule has 1 aliphatic rings. The maximum Gasteiger partial charge on any atom is 0.223 e. The zero-order chi connectivity index (χ0) is 18.1. The third-order valence-electron chi connectivity index (χ3n) is 4.56. The molecule has 26 heavy (non-hydrogen) atoms. The van der Waals surface area contributed by atoms with Gasteiger partial charge in [0.05, 0.1) is 12.5 Å². The summed E-state index contributed by atoms with van der Waals surface area (Å²) in [5.41, 5.74) is 14.4. The Bertz CT molecular complexity index is 883. The maximum absolute atomic E-state index is 6.16. The molecule has 0 saturated carbocycles. The van der Waals surface area contributed by atoms with E-state index in [4.69, 9.17) is 20.4 Å². The highest BCUT2D eigenvalue weighted by atomic mass is 16.5. The number of nitrogens with two attached hydrogens (primary N) is 2. The van der Waals surface area contributed by atoms with Gasteiger partial charge in [0.15, 0.2) is 0 Å². The Balaban J connectivity index is 1.63. The highest BCUT2D eigenvalue weighted by Gasteiger charge is 2.22. The SMILES string of the molecule is CN1CCN(c2nc(N)nc(N)c2Cc2cc(-c3ccoc3)no2)CC1. The fraction of sp³-hybridized carbons (Fsp3) is 0.353. The van der Waals surface area contributed by atoms with Crippen molar-refractivity contribution in [2.24, 2.45) is 0 Å². The molecule has 0 atom stereocenters. The van der Waals surface area contributed by atoms with E-state index in [2.05, 4.69) is 32.0 Å². The van der Waals surface area contributed by atoms with Crippen molar-refractivity contribution in [3.05, 3.63) is 36.0 Å². The van der Waals surface area contributed by atoms with Gasteiger partial charge in [0.25, 0.3) is 0 Å². The van der Waals surface area contributed by atoms with Gasteiger partial charge in [-0.2, -0.15) is 9.97 Å². The van der Waals surface area contributed by atoms with Crippen molar-refractivity contribution in [2.75, 3.05) is 49.6 Å². The van der Waals surface area contributed by atoms with Crippen molar-refractivity contribution in [2.45, 2.75) is 6.42 Å². The van der Waals surface area contributed by atoms with Crippen molar-refractivity contribution >= 4 is 17.6 Å². The van der Waals surface area contributed by atoms with Crippen LogP contribution in [0, 0.1) is 0 Å². The van der Waals surface area contributed by atoms with Gasteiger partial charge in [-0.1, -0.05) is 5.16 Å². The lowest BCUT2D eigenvalue weighted by atomic mass is 10.1. The van der Waals surface area contributed by atoms with Crippen molar-refractivity contribution in [1.29, 1.82) is 0 Å². The summed E-state index contributed by atoms with van der Waals surface area (Å²) in [6.45, 7) is 3.62. The van der Waals surface area contributed by atoms with E-state index in [9.17, 15) is 0 Å². The zero-order valence-electron chi connectivity index (χ0n) is 14.6. The number of rotatable bonds is 4. The molecule has 136 valence electrons. The van der Waals surface area contributed by atoms with E-state index < -0.39 is 0 Å². The Morgan fingerprint density at radius 3 is 2.69 bits per heavy atom. The Hall–Kier alpha value is -3.07. The smallest absolute Gasteiger partial charge is 0.223 e. The van der Waals surface area contributed by atoms with Crippen LogP contribution in [0.3, 0.4) is 0 Å². The molecule has 4 heterocycles. The van der Waals surface area contributed by atoms with Gasteiger partial charge in [-0.3, -0.25) is 0 Å². The summed E-state index contributed by atoms with van der Waals surface area (Å²) in [6, 6.07) is 3.70. The van der Waals surface area contributed by atoms with Crippen LogP contribution in [0.15, 0.2) is 33.6 Å². The van der Waals surface area contributed by atoms with E-state index >= 15 is 0 Å². The topological polar surface area (TPSA) is 123 Å². The minimum atomic E-state index is 0.178. The van der Waals surface area contributed by atoms with Crippen molar-refractivity contribution in [3.63, 3.8) is 0 Å². The Labute approximate surface area is 150 Å². The second kappa shape index (κ2) is 6.68. The molecule has 0 amide bonds. The van der Waals surface area contributed by atoms with Gasteiger partial charge in [-0.25, -0.2) is 0 Å². The molecule has 1 aliphatic heterocycles. The van der Waals surface area contributed by atoms with Crippen LogP contribution >= 0.6 is 0 Å². The number of piperazine rings is 1. The van der Waals surface area contributed by atoms with Crippen LogP contribution in [0.1, 0.15) is 11.3 Å². The Morgan fingerprint density at radius 1 is 1.15 bits per heavy atom. The molecular formula is C17H21N7O2. The lowest BCUT2D eigenvalue weighted by molar-refractivity contribution is 0.311. The van der Waals surface area contributed by atoms with Gasteiger partial charge >= 0.3 is 0 Å². The normalized spacial score (nSPS) is 15.5. The minimum absolute atomic E-state index is 0.178. The fourth-order valence-corrected chi connectivity index (χ4v) is 3.07. The van der Waals surface area contributed by atoms with Crippen LogP contribution in [0.4, 0.5) is 17.6 Å². The lowest BCUT2D eigenvalue weighted by Crippen LogP contribution is -2.45. The van der Waals surface area contributed by atoms with E-state index in [1.54, 1.807) is 12.5 Å². The average molecular weight is 355 g/mol. The molecule has 3 aromatic rings. The first-order chi connectivity index (χ1) is 12.6. The number of nitrogen functional groups attached to an aromatic ring is 2. The third kappa shape index (κ3) is 3.21. The molecule has 1 fully saturated rings. The summed E-state index contributed by atoms with van der Waals surface area (Å²) in [4.78, 5) is 13.0. The number of furan rings is 1. The summed E-state index contributed by atoms with van der Waals surface area (Å²) in [5.74, 6) is 1.99. The molecule has 0 aromatic carbocycles. The van der Waals surface area contributed by atoms with Gasteiger partial charge < -0.3 is 30.2 Å². The molecule has 0 spiro atoms. The predicted molar refractivity (Wildman–Crippen MR) is 97.6 cm³/mol. The number of hydrogen-bond donors (Lipinski definition) is 2. The minimum Gasteiger partial charge on any atom is -0.472 e. The highest BCUT2D eigenvalue weighted by Crippen LogP contribution is 2.28. The second-order valence-corrected chi connectivity index (χ2v) is 6.43. The molecule has 0 radical (unpaired) electrons. The zero-order valence-corrected chi connectivity index (χ0v) is 14.6. The molecule has 9 heteroatoms. The highest BCUT2D eigenvalue weighted by molar-refractivity contribution is 5.62. The quantitative estimate of drug-likeness (QED) is 0.711. The first-order valence-electron chi connectivity index (χ1n) is 8.43. The van der Waals surface area contributed by atoms with Crippen LogP contribution < -0.4 is 16.4 Å². The number of likely N-dealkylation sites (N-methyl/N-ethyl adjacent to an activating group) is 1. The molecule has 4 rings (SSSR count). The molecule has 9 nitrogen and oxygen atoms in total. The van der Waals surface area contributed by atoms with Gasteiger partial charge in [-0.15, -0.1) is 0 Å². The van der Waals surface area contributed by atoms with E-state index in [1.165, 1.54) is 0 Å². The van der Waals surface area contributed by atoms with Gasteiger partial charge in [0.1, 0.15) is 23.1 Å². The predicted octanol–water partition coefficient (Wildman–Crippen LogP) is 1.23. The van der Waals surface area contributed by atoms with Crippen LogP contribution in [0.2, 0.25) is 0 Å². The maximum atomic E-state index is 6.16. The number of nitrogens with zero attached hydrogens (tertiary/aromatic N) is 5. The monoisotopic (exact) mass is 355 g/mol. The first-order valence-corrected chi connectivity index (χ1v) is 8.43. The van der Waals surface area contributed by atoms with E-state index in [-0.39, 0.29) is 5.95 Å². The van der Waals surface area contributed by atoms with Crippen LogP contribution in [-0.2, 0) is 6.42 Å². The number of aromatic nitrogens is 3. The van der Waals surface area contributed by atoms with Crippen molar-refractivity contribution < 1.29 is 8.94 Å². The van der Waals surface area contributed by atoms with E-state index in [1.807, 2.05) is 12.1 Å². The Kier molecular flexibility index (Phi) is 4.21. The van der Waals surface area contributed by atoms with Gasteiger partial charge in [0.2, 0.25) is 5.95 Å².